The molecule has 2 fully saturated rings. The summed E-state index contributed by atoms with van der Waals surface area (Å²) in [6, 6.07) is 16.6. The van der Waals surface area contributed by atoms with E-state index in [1.807, 2.05) is 24.3 Å². The first kappa shape index (κ1) is 22.2. The topological polar surface area (TPSA) is 100 Å². The van der Waals surface area contributed by atoms with E-state index in [1.54, 1.807) is 6.20 Å². The van der Waals surface area contributed by atoms with Crippen LogP contribution in [-0.2, 0) is 17.8 Å². The summed E-state index contributed by atoms with van der Waals surface area (Å²) >= 11 is 0. The van der Waals surface area contributed by atoms with Gasteiger partial charge in [0.2, 0.25) is 11.9 Å². The monoisotopic (exact) mass is 472 g/mol. The number of amides is 1. The van der Waals surface area contributed by atoms with E-state index in [0.29, 0.717) is 24.9 Å². The molecule has 1 saturated heterocycles. The second-order valence-corrected chi connectivity index (χ2v) is 9.71. The predicted molar refractivity (Wildman–Crippen MR) is 132 cm³/mol. The van der Waals surface area contributed by atoms with Gasteiger partial charge in [-0.25, -0.2) is 5.43 Å². The van der Waals surface area contributed by atoms with Gasteiger partial charge in [-0.1, -0.05) is 49.2 Å². The minimum atomic E-state index is 0.0424. The summed E-state index contributed by atoms with van der Waals surface area (Å²) in [7, 11) is 0. The normalized spacial score (nSPS) is 25.0. The molecule has 9 nitrogen and oxygen atoms in total. The molecule has 4 unspecified atom stereocenters. The number of aromatic nitrogens is 4. The summed E-state index contributed by atoms with van der Waals surface area (Å²) < 4.78 is 2.36. The molecule has 0 spiro atoms. The van der Waals surface area contributed by atoms with Crippen LogP contribution in [-0.4, -0.2) is 31.8 Å². The molecular weight excluding hydrogens is 440 g/mol. The van der Waals surface area contributed by atoms with Crippen LogP contribution in [0.5, 0.6) is 0 Å². The van der Waals surface area contributed by atoms with Gasteiger partial charge in [-0.2, -0.15) is 0 Å². The Morgan fingerprint density at radius 3 is 2.77 bits per heavy atom. The van der Waals surface area contributed by atoms with Gasteiger partial charge in [-0.15, -0.1) is 10.2 Å². The average Bonchev–Trinajstić information content (AvgIpc) is 3.54. The highest BCUT2D eigenvalue weighted by Crippen LogP contribution is 2.45. The van der Waals surface area contributed by atoms with Crippen LogP contribution in [0.15, 0.2) is 54.7 Å². The Kier molecular flexibility index (Phi) is 6.18. The second kappa shape index (κ2) is 9.75. The van der Waals surface area contributed by atoms with Gasteiger partial charge in [0, 0.05) is 31.0 Å². The van der Waals surface area contributed by atoms with Crippen molar-refractivity contribution in [1.29, 1.82) is 0 Å². The molecule has 2 aliphatic heterocycles. The zero-order valence-electron chi connectivity index (χ0n) is 19.8. The fraction of sp³-hybridized carbons (Fsp3) is 0.462. The summed E-state index contributed by atoms with van der Waals surface area (Å²) in [6.45, 7) is 0.460. The summed E-state index contributed by atoms with van der Waals surface area (Å²) in [4.78, 5) is 16.6. The Bertz CT molecular complexity index is 1150. The molecule has 1 amide bonds. The van der Waals surface area contributed by atoms with Gasteiger partial charge in [0.1, 0.15) is 18.2 Å². The quantitative estimate of drug-likeness (QED) is 0.486. The van der Waals surface area contributed by atoms with Crippen LogP contribution in [0.25, 0.3) is 0 Å². The maximum absolute atomic E-state index is 12.4. The summed E-state index contributed by atoms with van der Waals surface area (Å²) in [6.07, 6.45) is 8.77. The first-order valence-electron chi connectivity index (χ1n) is 12.7. The zero-order chi connectivity index (χ0) is 23.6. The lowest BCUT2D eigenvalue weighted by Crippen LogP contribution is -2.53. The number of hydrazine groups is 1. The van der Waals surface area contributed by atoms with Crippen LogP contribution in [0.1, 0.15) is 67.8 Å². The lowest BCUT2D eigenvalue weighted by molar-refractivity contribution is -0.121. The molecule has 3 aliphatic rings. The van der Waals surface area contributed by atoms with E-state index in [1.165, 1.54) is 24.8 Å². The van der Waals surface area contributed by atoms with Crippen molar-refractivity contribution in [1.82, 2.24) is 35.8 Å². The first-order valence-corrected chi connectivity index (χ1v) is 12.7. The number of carbonyl (C=O) groups is 1. The van der Waals surface area contributed by atoms with E-state index in [9.17, 15) is 4.79 Å². The minimum Gasteiger partial charge on any atom is -0.350 e. The number of benzene rings is 1. The van der Waals surface area contributed by atoms with Crippen molar-refractivity contribution in [3.8, 4) is 0 Å². The molecule has 4 heterocycles. The van der Waals surface area contributed by atoms with Gasteiger partial charge >= 0.3 is 0 Å². The molecule has 9 heteroatoms. The van der Waals surface area contributed by atoms with Crippen LogP contribution >= 0.6 is 0 Å². The SMILES string of the molecule is O=C(CCCc1nnc2n1C1CCCCC1C1NC(c3ccccc3)NN21)NCc1ccccn1. The van der Waals surface area contributed by atoms with Gasteiger partial charge in [0.25, 0.3) is 0 Å². The molecule has 1 aliphatic carbocycles. The molecule has 35 heavy (non-hydrogen) atoms. The van der Waals surface area contributed by atoms with Crippen molar-refractivity contribution >= 4 is 11.9 Å². The Morgan fingerprint density at radius 1 is 1.06 bits per heavy atom. The zero-order valence-corrected chi connectivity index (χ0v) is 19.8. The Hall–Kier alpha value is -3.30. The van der Waals surface area contributed by atoms with Gasteiger partial charge in [0.05, 0.1) is 12.2 Å². The number of hydrogen-bond donors (Lipinski definition) is 3. The average molecular weight is 473 g/mol. The largest absolute Gasteiger partial charge is 0.350 e. The van der Waals surface area contributed by atoms with Crippen LogP contribution in [0.3, 0.4) is 0 Å². The fourth-order valence-electron chi connectivity index (χ4n) is 5.82. The van der Waals surface area contributed by atoms with Crippen LogP contribution in [0.2, 0.25) is 0 Å². The van der Waals surface area contributed by atoms with Crippen LogP contribution in [0.4, 0.5) is 5.95 Å². The number of anilines is 1. The van der Waals surface area contributed by atoms with E-state index in [2.05, 4.69) is 65.1 Å². The third kappa shape index (κ3) is 4.41. The number of hydrogen-bond acceptors (Lipinski definition) is 7. The van der Waals surface area contributed by atoms with Gasteiger partial charge in [0.15, 0.2) is 0 Å². The standard InChI is InChI=1S/C26H32N8O/c35-23(28-17-19-11-6-7-16-27-19)15-8-14-22-30-31-26-33(22)21-13-5-4-12-20(21)25-29-24(32-34(25)26)18-9-2-1-3-10-18/h1-3,6-7,9-11,16,20-21,24-25,29,32H,4-5,8,12-15,17H2,(H,28,35). The maximum atomic E-state index is 12.4. The number of rotatable bonds is 7. The molecule has 3 N–H and O–H groups in total. The highest BCUT2D eigenvalue weighted by molar-refractivity contribution is 5.75. The predicted octanol–water partition coefficient (Wildman–Crippen LogP) is 3.00. The molecular formula is C26H32N8O. The number of aryl methyl sites for hydroxylation is 1. The second-order valence-electron chi connectivity index (χ2n) is 9.71. The lowest BCUT2D eigenvalue weighted by Gasteiger charge is -2.44. The van der Waals surface area contributed by atoms with Crippen LogP contribution in [0, 0.1) is 5.92 Å². The summed E-state index contributed by atoms with van der Waals surface area (Å²) in [5.74, 6) is 2.41. The van der Waals surface area contributed by atoms with Gasteiger partial charge in [-0.05, 0) is 37.0 Å². The summed E-state index contributed by atoms with van der Waals surface area (Å²) in [5.41, 5.74) is 5.73. The van der Waals surface area contributed by atoms with Crippen molar-refractivity contribution in [3.63, 3.8) is 0 Å². The minimum absolute atomic E-state index is 0.0424. The van der Waals surface area contributed by atoms with Crippen molar-refractivity contribution in [2.24, 2.45) is 5.92 Å². The third-order valence-electron chi connectivity index (χ3n) is 7.50. The number of nitrogens with one attached hydrogen (secondary N) is 3. The maximum Gasteiger partial charge on any atom is 0.243 e. The van der Waals surface area contributed by atoms with E-state index in [0.717, 1.165) is 36.7 Å². The van der Waals surface area contributed by atoms with Crippen molar-refractivity contribution < 1.29 is 4.79 Å². The number of carbonyl (C=O) groups excluding carboxylic acids is 1. The molecule has 4 atom stereocenters. The first-order chi connectivity index (χ1) is 17.3. The van der Waals surface area contributed by atoms with Crippen molar-refractivity contribution in [3.05, 3.63) is 71.8 Å². The Labute approximate surface area is 205 Å². The lowest BCUT2D eigenvalue weighted by atomic mass is 9.81. The highest BCUT2D eigenvalue weighted by atomic mass is 16.1. The highest BCUT2D eigenvalue weighted by Gasteiger charge is 2.48. The molecule has 0 radical (unpaired) electrons. The van der Waals surface area contributed by atoms with Crippen molar-refractivity contribution in [2.45, 2.75) is 69.9 Å². The van der Waals surface area contributed by atoms with Gasteiger partial charge < -0.3 is 5.32 Å². The van der Waals surface area contributed by atoms with E-state index in [4.69, 9.17) is 0 Å². The third-order valence-corrected chi connectivity index (χ3v) is 7.50. The molecule has 6 rings (SSSR count). The molecule has 1 saturated carbocycles. The number of nitrogens with zero attached hydrogens (tertiary/aromatic N) is 5. The number of fused-ring (bicyclic) bond motifs is 6. The molecule has 2 aromatic heterocycles. The molecule has 0 bridgehead atoms. The smallest absolute Gasteiger partial charge is 0.243 e. The Morgan fingerprint density at radius 2 is 1.91 bits per heavy atom. The van der Waals surface area contributed by atoms with E-state index < -0.39 is 0 Å². The molecule has 182 valence electrons. The van der Waals surface area contributed by atoms with Gasteiger partial charge in [-0.3, -0.25) is 24.7 Å². The van der Waals surface area contributed by atoms with E-state index in [-0.39, 0.29) is 18.2 Å². The Balaban J connectivity index is 1.14. The molecule has 3 aromatic rings. The summed E-state index contributed by atoms with van der Waals surface area (Å²) in [5, 5.41) is 18.2. The molecule has 1 aromatic carbocycles. The van der Waals surface area contributed by atoms with Crippen LogP contribution < -0.4 is 21.1 Å². The fourth-order valence-corrected chi connectivity index (χ4v) is 5.82. The van der Waals surface area contributed by atoms with E-state index >= 15 is 0 Å². The number of pyridine rings is 1. The van der Waals surface area contributed by atoms with Crippen molar-refractivity contribution in [2.75, 3.05) is 5.01 Å².